The summed E-state index contributed by atoms with van der Waals surface area (Å²) in [5, 5.41) is 0.439. The lowest BCUT2D eigenvalue weighted by Gasteiger charge is -2.33. The molecule has 1 heterocycles. The molecule has 1 fully saturated rings. The number of ether oxygens (including phenoxy) is 2. The fraction of sp³-hybridized carbons (Fsp3) is 0.333. The van der Waals surface area contributed by atoms with Crippen LogP contribution in [0.25, 0.3) is 10.9 Å². The van der Waals surface area contributed by atoms with Crippen LogP contribution in [-0.2, 0) is 9.53 Å². The van der Waals surface area contributed by atoms with Gasteiger partial charge in [0.25, 0.3) is 0 Å². The van der Waals surface area contributed by atoms with E-state index in [9.17, 15) is 9.18 Å². The van der Waals surface area contributed by atoms with E-state index in [1.807, 2.05) is 0 Å². The molecule has 3 rings (SSSR count). The zero-order chi connectivity index (χ0) is 14.1. The molecule has 0 amide bonds. The first-order valence-corrected chi connectivity index (χ1v) is 6.46. The fourth-order valence-electron chi connectivity index (χ4n) is 2.41. The minimum Gasteiger partial charge on any atom is -0.488 e. The Morgan fingerprint density at radius 1 is 1.35 bits per heavy atom. The second-order valence-electron chi connectivity index (χ2n) is 4.88. The molecule has 0 saturated heterocycles. The summed E-state index contributed by atoms with van der Waals surface area (Å²) in [6, 6.07) is 6.31. The molecule has 0 aliphatic heterocycles. The van der Waals surface area contributed by atoms with Gasteiger partial charge in [0.15, 0.2) is 0 Å². The number of esters is 1. The lowest BCUT2D eigenvalue weighted by atomic mass is 9.82. The van der Waals surface area contributed by atoms with Gasteiger partial charge in [-0.15, -0.1) is 0 Å². The lowest BCUT2D eigenvalue weighted by Crippen LogP contribution is -2.38. The number of hydrogen-bond acceptors (Lipinski definition) is 4. The summed E-state index contributed by atoms with van der Waals surface area (Å²) >= 11 is 0. The van der Waals surface area contributed by atoms with Crippen LogP contribution in [0.15, 0.2) is 30.5 Å². The summed E-state index contributed by atoms with van der Waals surface area (Å²) in [5.74, 6) is -0.0616. The highest BCUT2D eigenvalue weighted by Gasteiger charge is 2.37. The molecular formula is C15H14FNO3. The van der Waals surface area contributed by atoms with Crippen molar-refractivity contribution >= 4 is 16.9 Å². The van der Waals surface area contributed by atoms with Gasteiger partial charge in [-0.1, -0.05) is 0 Å². The summed E-state index contributed by atoms with van der Waals surface area (Å²) in [6.45, 7) is 0. The predicted octanol–water partition coefficient (Wildman–Crippen LogP) is 2.70. The van der Waals surface area contributed by atoms with Gasteiger partial charge in [0.1, 0.15) is 23.2 Å². The fourth-order valence-corrected chi connectivity index (χ4v) is 2.41. The number of hydrogen-bond donors (Lipinski definition) is 0. The summed E-state index contributed by atoms with van der Waals surface area (Å²) in [6.07, 6.45) is 2.80. The Balaban J connectivity index is 1.77. The topological polar surface area (TPSA) is 48.4 Å². The zero-order valence-corrected chi connectivity index (χ0v) is 11.0. The SMILES string of the molecule is COC(=O)[C@H]1C[C@H](Oc2ccc(F)c3cccnc23)C1. The number of aromatic nitrogens is 1. The first-order valence-electron chi connectivity index (χ1n) is 6.46. The van der Waals surface area contributed by atoms with Crippen molar-refractivity contribution < 1.29 is 18.7 Å². The molecule has 2 aromatic rings. The van der Waals surface area contributed by atoms with E-state index in [2.05, 4.69) is 9.72 Å². The number of pyridine rings is 1. The van der Waals surface area contributed by atoms with Gasteiger partial charge in [-0.25, -0.2) is 4.39 Å². The molecule has 0 N–H and O–H groups in total. The quantitative estimate of drug-likeness (QED) is 0.808. The van der Waals surface area contributed by atoms with Crippen LogP contribution in [0, 0.1) is 11.7 Å². The van der Waals surface area contributed by atoms with Gasteiger partial charge in [0.05, 0.1) is 13.0 Å². The smallest absolute Gasteiger partial charge is 0.308 e. The Morgan fingerprint density at radius 3 is 2.90 bits per heavy atom. The van der Waals surface area contributed by atoms with Crippen molar-refractivity contribution in [1.82, 2.24) is 4.98 Å². The third-order valence-corrected chi connectivity index (χ3v) is 3.60. The summed E-state index contributed by atoms with van der Waals surface area (Å²) in [4.78, 5) is 15.5. The summed E-state index contributed by atoms with van der Waals surface area (Å²) < 4.78 is 24.1. The largest absolute Gasteiger partial charge is 0.488 e. The Kier molecular flexibility index (Phi) is 3.26. The highest BCUT2D eigenvalue weighted by Crippen LogP contribution is 2.34. The number of rotatable bonds is 3. The number of halogens is 1. The average Bonchev–Trinajstić information content (AvgIpc) is 2.44. The molecule has 20 heavy (non-hydrogen) atoms. The van der Waals surface area contributed by atoms with Gasteiger partial charge < -0.3 is 9.47 Å². The second-order valence-corrected chi connectivity index (χ2v) is 4.88. The standard InChI is InChI=1S/C15H14FNO3/c1-19-15(18)9-7-10(8-9)20-13-5-4-12(16)11-3-2-6-17-14(11)13/h2-6,9-10H,7-8H2,1H3/t9-,10-. The van der Waals surface area contributed by atoms with Crippen molar-refractivity contribution in [3.05, 3.63) is 36.3 Å². The van der Waals surface area contributed by atoms with E-state index in [-0.39, 0.29) is 23.8 Å². The van der Waals surface area contributed by atoms with E-state index in [1.54, 1.807) is 24.4 Å². The van der Waals surface area contributed by atoms with E-state index in [0.29, 0.717) is 29.5 Å². The molecule has 5 heteroatoms. The normalized spacial score (nSPS) is 21.3. The molecule has 1 aliphatic rings. The number of carbonyl (C=O) groups is 1. The van der Waals surface area contributed by atoms with Crippen LogP contribution in [0.2, 0.25) is 0 Å². The third-order valence-electron chi connectivity index (χ3n) is 3.60. The van der Waals surface area contributed by atoms with Crippen LogP contribution in [-0.4, -0.2) is 24.2 Å². The van der Waals surface area contributed by atoms with E-state index in [0.717, 1.165) is 0 Å². The van der Waals surface area contributed by atoms with Crippen LogP contribution >= 0.6 is 0 Å². The minimum atomic E-state index is -0.318. The molecule has 0 atom stereocenters. The van der Waals surface area contributed by atoms with Gasteiger partial charge in [-0.05, 0) is 37.1 Å². The van der Waals surface area contributed by atoms with E-state index in [4.69, 9.17) is 4.74 Å². The number of benzene rings is 1. The van der Waals surface area contributed by atoms with Gasteiger partial charge in [0.2, 0.25) is 0 Å². The van der Waals surface area contributed by atoms with Gasteiger partial charge in [-0.3, -0.25) is 9.78 Å². The Bertz CT molecular complexity index is 653. The van der Waals surface area contributed by atoms with Crippen LogP contribution in [0.5, 0.6) is 5.75 Å². The molecule has 1 aliphatic carbocycles. The van der Waals surface area contributed by atoms with Crippen molar-refractivity contribution in [2.24, 2.45) is 5.92 Å². The van der Waals surface area contributed by atoms with Crippen molar-refractivity contribution in [2.45, 2.75) is 18.9 Å². The van der Waals surface area contributed by atoms with Crippen LogP contribution in [0.3, 0.4) is 0 Å². The molecule has 1 aromatic carbocycles. The summed E-state index contributed by atoms with van der Waals surface area (Å²) in [5.41, 5.74) is 0.508. The van der Waals surface area contributed by atoms with Gasteiger partial charge in [-0.2, -0.15) is 0 Å². The Morgan fingerprint density at radius 2 is 2.15 bits per heavy atom. The van der Waals surface area contributed by atoms with E-state index < -0.39 is 0 Å². The van der Waals surface area contributed by atoms with Gasteiger partial charge >= 0.3 is 5.97 Å². The number of methoxy groups -OCH3 is 1. The lowest BCUT2D eigenvalue weighted by molar-refractivity contribution is -0.151. The molecular weight excluding hydrogens is 261 g/mol. The maximum absolute atomic E-state index is 13.7. The van der Waals surface area contributed by atoms with Crippen molar-refractivity contribution in [2.75, 3.05) is 7.11 Å². The molecule has 0 radical (unpaired) electrons. The molecule has 4 nitrogen and oxygen atoms in total. The Labute approximate surface area is 115 Å². The highest BCUT2D eigenvalue weighted by molar-refractivity contribution is 5.84. The maximum Gasteiger partial charge on any atom is 0.308 e. The molecule has 0 spiro atoms. The van der Waals surface area contributed by atoms with Crippen molar-refractivity contribution in [3.63, 3.8) is 0 Å². The second kappa shape index (κ2) is 5.07. The predicted molar refractivity (Wildman–Crippen MR) is 70.9 cm³/mol. The first kappa shape index (κ1) is 12.8. The monoisotopic (exact) mass is 275 g/mol. The van der Waals surface area contributed by atoms with E-state index >= 15 is 0 Å². The Hall–Kier alpha value is -2.17. The average molecular weight is 275 g/mol. The summed E-state index contributed by atoms with van der Waals surface area (Å²) in [7, 11) is 1.38. The van der Waals surface area contributed by atoms with Crippen LogP contribution in [0.1, 0.15) is 12.8 Å². The van der Waals surface area contributed by atoms with Crippen LogP contribution in [0.4, 0.5) is 4.39 Å². The van der Waals surface area contributed by atoms with Crippen molar-refractivity contribution in [3.8, 4) is 5.75 Å². The zero-order valence-electron chi connectivity index (χ0n) is 11.0. The molecule has 104 valence electrons. The third kappa shape index (κ3) is 2.19. The number of fused-ring (bicyclic) bond motifs is 1. The maximum atomic E-state index is 13.7. The van der Waals surface area contributed by atoms with Crippen molar-refractivity contribution in [1.29, 1.82) is 0 Å². The molecule has 0 unspecified atom stereocenters. The van der Waals surface area contributed by atoms with Crippen LogP contribution < -0.4 is 4.74 Å². The van der Waals surface area contributed by atoms with E-state index in [1.165, 1.54) is 13.2 Å². The number of nitrogens with zero attached hydrogens (tertiary/aromatic N) is 1. The minimum absolute atomic E-state index is 0.0465. The molecule has 0 bridgehead atoms. The highest BCUT2D eigenvalue weighted by atomic mass is 19.1. The number of carbonyl (C=O) groups excluding carboxylic acids is 1. The first-order chi connectivity index (χ1) is 9.69. The molecule has 1 aromatic heterocycles. The van der Waals surface area contributed by atoms with Gasteiger partial charge in [0, 0.05) is 11.6 Å². The molecule has 1 saturated carbocycles.